The van der Waals surface area contributed by atoms with Crippen LogP contribution in [0.2, 0.25) is 0 Å². The number of H-pyrrole nitrogens is 1. The summed E-state index contributed by atoms with van der Waals surface area (Å²) in [7, 11) is 0. The molecule has 0 saturated heterocycles. The van der Waals surface area contributed by atoms with E-state index >= 15 is 0 Å². The number of aromatic amines is 1. The van der Waals surface area contributed by atoms with E-state index in [4.69, 9.17) is 0 Å². The summed E-state index contributed by atoms with van der Waals surface area (Å²) in [6, 6.07) is 0. The number of aromatic nitrogens is 2. The van der Waals surface area contributed by atoms with Crippen molar-refractivity contribution in [1.82, 2.24) is 9.97 Å². The maximum atomic E-state index is 11.4. The predicted octanol–water partition coefficient (Wildman–Crippen LogP) is 3.05. The van der Waals surface area contributed by atoms with Crippen LogP contribution in [0.15, 0.2) is 16.1 Å². The van der Waals surface area contributed by atoms with Crippen LogP contribution in [0.1, 0.15) is 32.6 Å². The third-order valence-corrected chi connectivity index (χ3v) is 5.59. The Morgan fingerprint density at radius 2 is 2.38 bits per heavy atom. The van der Waals surface area contributed by atoms with Gasteiger partial charge < -0.3 is 4.98 Å². The Morgan fingerprint density at radius 1 is 1.56 bits per heavy atom. The molecule has 5 heteroatoms. The molecule has 0 aromatic carbocycles. The largest absolute Gasteiger partial charge is 0.312 e. The third-order valence-electron chi connectivity index (χ3n) is 2.93. The van der Waals surface area contributed by atoms with Crippen LogP contribution in [-0.2, 0) is 0 Å². The Balaban J connectivity index is 2.08. The van der Waals surface area contributed by atoms with Crippen LogP contribution in [0.5, 0.6) is 0 Å². The highest BCUT2D eigenvalue weighted by atomic mass is 127. The van der Waals surface area contributed by atoms with Gasteiger partial charge in [0.2, 0.25) is 0 Å². The number of halogens is 1. The molecule has 16 heavy (non-hydrogen) atoms. The molecule has 2 atom stereocenters. The lowest BCUT2D eigenvalue weighted by Crippen LogP contribution is -2.17. The van der Waals surface area contributed by atoms with Gasteiger partial charge in [-0.15, -0.1) is 11.8 Å². The van der Waals surface area contributed by atoms with Gasteiger partial charge in [-0.1, -0.05) is 19.8 Å². The molecule has 88 valence electrons. The molecule has 3 nitrogen and oxygen atoms in total. The molecule has 0 radical (unpaired) electrons. The van der Waals surface area contributed by atoms with Gasteiger partial charge in [0.25, 0.3) is 5.56 Å². The molecule has 1 fully saturated rings. The van der Waals surface area contributed by atoms with Gasteiger partial charge in [0.1, 0.15) is 8.60 Å². The number of hydrogen-bond donors (Lipinski definition) is 1. The second kappa shape index (κ2) is 5.53. The summed E-state index contributed by atoms with van der Waals surface area (Å²) in [5.74, 6) is 0.811. The van der Waals surface area contributed by atoms with Crippen LogP contribution in [0.25, 0.3) is 0 Å². The van der Waals surface area contributed by atoms with Crippen molar-refractivity contribution in [2.24, 2.45) is 5.92 Å². The van der Waals surface area contributed by atoms with Crippen molar-refractivity contribution in [3.8, 4) is 0 Å². The van der Waals surface area contributed by atoms with Gasteiger partial charge in [0, 0.05) is 5.25 Å². The second-order valence-electron chi connectivity index (χ2n) is 4.36. The monoisotopic (exact) mass is 350 g/mol. The molecule has 0 aliphatic heterocycles. The average Bonchev–Trinajstić information content (AvgIpc) is 2.25. The van der Waals surface area contributed by atoms with Crippen LogP contribution in [0.3, 0.4) is 0 Å². The minimum atomic E-state index is -0.0260. The molecular weight excluding hydrogens is 335 g/mol. The highest BCUT2D eigenvalue weighted by molar-refractivity contribution is 14.1. The van der Waals surface area contributed by atoms with Crippen molar-refractivity contribution in [3.05, 3.63) is 20.3 Å². The van der Waals surface area contributed by atoms with E-state index in [9.17, 15) is 4.79 Å². The minimum Gasteiger partial charge on any atom is -0.312 e. The van der Waals surface area contributed by atoms with Gasteiger partial charge in [-0.3, -0.25) is 4.79 Å². The van der Waals surface area contributed by atoms with E-state index in [0.29, 0.717) is 5.25 Å². The van der Waals surface area contributed by atoms with Crippen LogP contribution in [0.4, 0.5) is 0 Å². The van der Waals surface area contributed by atoms with Crippen molar-refractivity contribution in [2.45, 2.75) is 42.9 Å². The number of thioether (sulfide) groups is 1. The Kier molecular flexibility index (Phi) is 4.29. The van der Waals surface area contributed by atoms with E-state index in [1.807, 2.05) is 0 Å². The van der Waals surface area contributed by atoms with Crippen LogP contribution < -0.4 is 5.56 Å². The lowest BCUT2D eigenvalue weighted by Gasteiger charge is -2.25. The summed E-state index contributed by atoms with van der Waals surface area (Å²) in [6.45, 7) is 2.31. The first-order valence-corrected chi connectivity index (χ1v) is 7.52. The summed E-state index contributed by atoms with van der Waals surface area (Å²) in [5.41, 5.74) is -0.0260. The summed E-state index contributed by atoms with van der Waals surface area (Å²) < 4.78 is 0.725. The fraction of sp³-hybridized carbons (Fsp3) is 0.636. The molecule has 2 unspecified atom stereocenters. The fourth-order valence-corrected chi connectivity index (χ4v) is 4.10. The summed E-state index contributed by atoms with van der Waals surface area (Å²) >= 11 is 3.85. The lowest BCUT2D eigenvalue weighted by molar-refractivity contribution is 0.394. The molecule has 0 amide bonds. The van der Waals surface area contributed by atoms with Gasteiger partial charge in [0.15, 0.2) is 0 Å². The molecule has 1 heterocycles. The summed E-state index contributed by atoms with van der Waals surface area (Å²) in [4.78, 5) is 18.3. The summed E-state index contributed by atoms with van der Waals surface area (Å²) in [5, 5.41) is 1.52. The molecule has 1 aliphatic carbocycles. The first-order chi connectivity index (χ1) is 7.66. The quantitative estimate of drug-likeness (QED) is 0.659. The molecule has 1 aliphatic rings. The normalized spacial score (nSPS) is 25.6. The number of nitrogens with zero attached hydrogens (tertiary/aromatic N) is 1. The zero-order valence-corrected chi connectivity index (χ0v) is 12.2. The van der Waals surface area contributed by atoms with Gasteiger partial charge >= 0.3 is 0 Å². The van der Waals surface area contributed by atoms with Crippen LogP contribution >= 0.6 is 34.4 Å². The molecular formula is C11H15IN2OS. The average molecular weight is 350 g/mol. The van der Waals surface area contributed by atoms with Gasteiger partial charge in [-0.05, 0) is 41.4 Å². The molecule has 1 aromatic heterocycles. The lowest BCUT2D eigenvalue weighted by atomic mass is 9.91. The zero-order valence-electron chi connectivity index (χ0n) is 9.20. The van der Waals surface area contributed by atoms with Crippen molar-refractivity contribution >= 4 is 34.4 Å². The van der Waals surface area contributed by atoms with Crippen molar-refractivity contribution in [1.29, 1.82) is 0 Å². The van der Waals surface area contributed by atoms with E-state index < -0.39 is 0 Å². The topological polar surface area (TPSA) is 45.8 Å². The fourth-order valence-electron chi connectivity index (χ4n) is 2.09. The van der Waals surface area contributed by atoms with Crippen molar-refractivity contribution in [2.75, 3.05) is 0 Å². The number of nitrogens with one attached hydrogen (secondary N) is 1. The highest BCUT2D eigenvalue weighted by Gasteiger charge is 2.21. The van der Waals surface area contributed by atoms with E-state index in [0.717, 1.165) is 14.5 Å². The molecule has 0 bridgehead atoms. The minimum absolute atomic E-state index is 0.0260. The Morgan fingerprint density at radius 3 is 3.12 bits per heavy atom. The van der Waals surface area contributed by atoms with Crippen molar-refractivity contribution < 1.29 is 0 Å². The standard InChI is InChI=1S/C11H15IN2OS/c1-7-3-2-4-8(5-7)16-11-9(12)10(15)13-6-14-11/h6-8H,2-5H2,1H3,(H,13,14,15). The van der Waals surface area contributed by atoms with E-state index in [1.165, 1.54) is 32.0 Å². The molecule has 1 saturated carbocycles. The van der Waals surface area contributed by atoms with Crippen molar-refractivity contribution in [3.63, 3.8) is 0 Å². The van der Waals surface area contributed by atoms with E-state index in [-0.39, 0.29) is 5.56 Å². The van der Waals surface area contributed by atoms with E-state index in [1.54, 1.807) is 11.8 Å². The van der Waals surface area contributed by atoms with Gasteiger partial charge in [0.05, 0.1) is 6.33 Å². The second-order valence-corrected chi connectivity index (χ2v) is 6.73. The smallest absolute Gasteiger partial charge is 0.265 e. The van der Waals surface area contributed by atoms with Crippen LogP contribution in [-0.4, -0.2) is 15.2 Å². The summed E-state index contributed by atoms with van der Waals surface area (Å²) in [6.07, 6.45) is 6.64. The predicted molar refractivity (Wildman–Crippen MR) is 74.9 cm³/mol. The van der Waals surface area contributed by atoms with Crippen LogP contribution in [0, 0.1) is 9.49 Å². The van der Waals surface area contributed by atoms with Gasteiger partial charge in [-0.2, -0.15) is 0 Å². The molecule has 1 N–H and O–H groups in total. The zero-order chi connectivity index (χ0) is 11.5. The van der Waals surface area contributed by atoms with Gasteiger partial charge in [-0.25, -0.2) is 4.98 Å². The molecule has 2 rings (SSSR count). The number of hydrogen-bond acceptors (Lipinski definition) is 3. The Bertz CT molecular complexity index is 421. The maximum Gasteiger partial charge on any atom is 0.265 e. The third kappa shape index (κ3) is 3.00. The Labute approximate surface area is 113 Å². The highest BCUT2D eigenvalue weighted by Crippen LogP contribution is 2.35. The number of rotatable bonds is 2. The SMILES string of the molecule is CC1CCCC(Sc2nc[nH]c(=O)c2I)C1. The first kappa shape index (κ1) is 12.4. The molecule has 0 spiro atoms. The van der Waals surface area contributed by atoms with E-state index in [2.05, 4.69) is 39.5 Å². The maximum absolute atomic E-state index is 11.4. The Hall–Kier alpha value is -0.0400. The molecule has 1 aromatic rings. The first-order valence-electron chi connectivity index (χ1n) is 5.56.